The molecule has 1 fully saturated rings. The van der Waals surface area contributed by atoms with Crippen LogP contribution in [0.2, 0.25) is 0 Å². The lowest BCUT2D eigenvalue weighted by atomic mass is 9.74. The van der Waals surface area contributed by atoms with Crippen LogP contribution in [0.15, 0.2) is 29.9 Å². The summed E-state index contributed by atoms with van der Waals surface area (Å²) >= 11 is 1.69. The summed E-state index contributed by atoms with van der Waals surface area (Å²) in [7, 11) is 1.73. The second-order valence-corrected chi connectivity index (χ2v) is 7.48. The summed E-state index contributed by atoms with van der Waals surface area (Å²) in [6, 6.07) is 5.99. The molecule has 2 aromatic heterocycles. The molecule has 6 heteroatoms. The van der Waals surface area contributed by atoms with Gasteiger partial charge in [0.25, 0.3) is 0 Å². The van der Waals surface area contributed by atoms with Crippen LogP contribution in [0.25, 0.3) is 0 Å². The number of nitrogens with one attached hydrogen (secondary N) is 1. The van der Waals surface area contributed by atoms with Crippen LogP contribution < -0.4 is 5.32 Å². The number of likely N-dealkylation sites (tertiary alicyclic amines) is 1. The Kier molecular flexibility index (Phi) is 5.26. The quantitative estimate of drug-likeness (QED) is 0.838. The maximum Gasteiger partial charge on any atom is 0.228 e. The first-order chi connectivity index (χ1) is 11.6. The third-order valence-corrected chi connectivity index (χ3v) is 5.71. The number of hydrogen-bond acceptors (Lipinski definition) is 5. The van der Waals surface area contributed by atoms with Gasteiger partial charge in [-0.05, 0) is 38.3 Å². The van der Waals surface area contributed by atoms with Gasteiger partial charge in [0.2, 0.25) is 5.91 Å². The zero-order chi connectivity index (χ0) is 17.0. The second kappa shape index (κ2) is 7.40. The molecule has 0 aliphatic carbocycles. The van der Waals surface area contributed by atoms with E-state index in [1.54, 1.807) is 18.4 Å². The molecule has 0 spiro atoms. The molecule has 3 rings (SSSR count). The molecule has 1 aliphatic rings. The first kappa shape index (κ1) is 17.0. The highest BCUT2D eigenvalue weighted by molar-refractivity contribution is 7.09. The topological polar surface area (TPSA) is 58.1 Å². The van der Waals surface area contributed by atoms with Gasteiger partial charge in [0.05, 0.1) is 16.6 Å². The van der Waals surface area contributed by atoms with Crippen LogP contribution in [0.4, 0.5) is 0 Å². The largest absolute Gasteiger partial charge is 0.359 e. The molecule has 1 N–H and O–H groups in total. The molecular weight excluding hydrogens is 320 g/mol. The van der Waals surface area contributed by atoms with Gasteiger partial charge in [-0.1, -0.05) is 6.07 Å². The summed E-state index contributed by atoms with van der Waals surface area (Å²) < 4.78 is 0. The molecule has 24 heavy (non-hydrogen) atoms. The van der Waals surface area contributed by atoms with Gasteiger partial charge >= 0.3 is 0 Å². The highest BCUT2D eigenvalue weighted by atomic mass is 32.1. The maximum absolute atomic E-state index is 12.4. The normalized spacial score (nSPS) is 16.6. The number of rotatable bonds is 7. The van der Waals surface area contributed by atoms with Crippen LogP contribution in [-0.4, -0.2) is 40.9 Å². The number of pyridine rings is 1. The number of amides is 1. The molecule has 128 valence electrons. The molecule has 3 heterocycles. The smallest absolute Gasteiger partial charge is 0.228 e. The Hall–Kier alpha value is -1.79. The summed E-state index contributed by atoms with van der Waals surface area (Å²) in [6.07, 6.45) is 4.64. The zero-order valence-corrected chi connectivity index (χ0v) is 15.1. The highest BCUT2D eigenvalue weighted by Crippen LogP contribution is 2.37. The van der Waals surface area contributed by atoms with Crippen molar-refractivity contribution in [1.29, 1.82) is 0 Å². The fourth-order valence-electron chi connectivity index (χ4n) is 3.44. The van der Waals surface area contributed by atoms with Crippen LogP contribution in [0.5, 0.6) is 0 Å². The van der Waals surface area contributed by atoms with Gasteiger partial charge in [-0.25, -0.2) is 4.98 Å². The van der Waals surface area contributed by atoms with Gasteiger partial charge < -0.3 is 5.32 Å². The molecule has 1 aliphatic heterocycles. The summed E-state index contributed by atoms with van der Waals surface area (Å²) in [5, 5.41) is 2.86. The number of hydrogen-bond donors (Lipinski definition) is 1. The van der Waals surface area contributed by atoms with Crippen LogP contribution in [0.1, 0.15) is 29.1 Å². The summed E-state index contributed by atoms with van der Waals surface area (Å²) in [6.45, 7) is 4.60. The minimum absolute atomic E-state index is 0.167. The van der Waals surface area contributed by atoms with Gasteiger partial charge in [-0.15, -0.1) is 11.3 Å². The predicted molar refractivity (Wildman–Crippen MR) is 95.8 cm³/mol. The van der Waals surface area contributed by atoms with E-state index in [-0.39, 0.29) is 11.3 Å². The number of aromatic nitrogens is 2. The Morgan fingerprint density at radius 3 is 2.83 bits per heavy atom. The molecule has 0 bridgehead atoms. The van der Waals surface area contributed by atoms with Crippen LogP contribution in [-0.2, 0) is 17.8 Å². The second-order valence-electron chi connectivity index (χ2n) is 6.54. The molecule has 1 saturated heterocycles. The van der Waals surface area contributed by atoms with Gasteiger partial charge in [0, 0.05) is 43.4 Å². The van der Waals surface area contributed by atoms with E-state index in [1.807, 2.05) is 36.8 Å². The van der Waals surface area contributed by atoms with E-state index >= 15 is 0 Å². The van der Waals surface area contributed by atoms with E-state index in [4.69, 9.17) is 0 Å². The van der Waals surface area contributed by atoms with E-state index in [0.717, 1.165) is 50.3 Å². The van der Waals surface area contributed by atoms with Gasteiger partial charge in [-0.2, -0.15) is 0 Å². The Morgan fingerprint density at radius 1 is 1.38 bits per heavy atom. The lowest BCUT2D eigenvalue weighted by molar-refractivity contribution is -0.142. The van der Waals surface area contributed by atoms with Gasteiger partial charge in [-0.3, -0.25) is 14.7 Å². The first-order valence-corrected chi connectivity index (χ1v) is 9.24. The Bertz CT molecular complexity index is 679. The maximum atomic E-state index is 12.4. The number of carbonyl (C=O) groups is 1. The Morgan fingerprint density at radius 2 is 2.21 bits per heavy atom. The lowest BCUT2D eigenvalue weighted by Crippen LogP contribution is -2.62. The highest BCUT2D eigenvalue weighted by Gasteiger charge is 2.48. The zero-order valence-electron chi connectivity index (χ0n) is 14.3. The van der Waals surface area contributed by atoms with E-state index < -0.39 is 0 Å². The number of carbonyl (C=O) groups excluding carboxylic acids is 1. The molecule has 0 aromatic carbocycles. The Labute approximate surface area is 147 Å². The van der Waals surface area contributed by atoms with Crippen molar-refractivity contribution in [1.82, 2.24) is 20.2 Å². The van der Waals surface area contributed by atoms with Crippen molar-refractivity contribution in [3.63, 3.8) is 0 Å². The van der Waals surface area contributed by atoms with Crippen LogP contribution in [0, 0.1) is 12.3 Å². The Balaban J connectivity index is 1.55. The van der Waals surface area contributed by atoms with Crippen LogP contribution in [0.3, 0.4) is 0 Å². The summed E-state index contributed by atoms with van der Waals surface area (Å²) in [4.78, 5) is 24.7. The number of nitrogens with zero attached hydrogens (tertiary/aromatic N) is 3. The summed E-state index contributed by atoms with van der Waals surface area (Å²) in [5.74, 6) is 0.167. The van der Waals surface area contributed by atoms with Crippen molar-refractivity contribution in [3.05, 3.63) is 46.2 Å². The standard InChI is InChI=1S/C18H24N4OS/c1-14-16(24-13-21-14)10-22-11-18(12-22,17(23)19-2)8-5-7-15-6-3-4-9-20-15/h3-4,6,9,13H,5,7-8,10-12H2,1-2H3,(H,19,23). The minimum atomic E-state index is -0.248. The van der Waals surface area contributed by atoms with Gasteiger partial charge in [0.15, 0.2) is 0 Å². The van der Waals surface area contributed by atoms with E-state index in [2.05, 4.69) is 20.2 Å². The van der Waals surface area contributed by atoms with E-state index in [0.29, 0.717) is 0 Å². The van der Waals surface area contributed by atoms with E-state index in [1.165, 1.54) is 4.88 Å². The predicted octanol–water partition coefficient (Wildman–Crippen LogP) is 2.42. The van der Waals surface area contributed by atoms with Crippen LogP contribution >= 0.6 is 11.3 Å². The average Bonchev–Trinajstić information content (AvgIpc) is 2.97. The monoisotopic (exact) mass is 344 g/mol. The molecule has 1 amide bonds. The van der Waals surface area contributed by atoms with Gasteiger partial charge in [0.1, 0.15) is 0 Å². The molecule has 0 radical (unpaired) electrons. The number of thiazole rings is 1. The van der Waals surface area contributed by atoms with E-state index in [9.17, 15) is 4.79 Å². The lowest BCUT2D eigenvalue weighted by Gasteiger charge is -2.49. The molecule has 0 saturated carbocycles. The summed E-state index contributed by atoms with van der Waals surface area (Å²) in [5.41, 5.74) is 3.85. The van der Waals surface area contributed by atoms with Crippen molar-refractivity contribution < 1.29 is 4.79 Å². The minimum Gasteiger partial charge on any atom is -0.359 e. The molecule has 0 atom stereocenters. The van der Waals surface area contributed by atoms with Crippen molar-refractivity contribution in [2.45, 2.75) is 32.7 Å². The average molecular weight is 344 g/mol. The fourth-order valence-corrected chi connectivity index (χ4v) is 4.26. The number of aryl methyl sites for hydroxylation is 2. The molecule has 5 nitrogen and oxygen atoms in total. The molecular formula is C18H24N4OS. The van der Waals surface area contributed by atoms with Crippen molar-refractivity contribution in [3.8, 4) is 0 Å². The SMILES string of the molecule is CNC(=O)C1(CCCc2ccccn2)CN(Cc2scnc2C)C1. The third kappa shape index (κ3) is 3.65. The fraction of sp³-hybridized carbons (Fsp3) is 0.500. The van der Waals surface area contributed by atoms with Crippen molar-refractivity contribution in [2.75, 3.05) is 20.1 Å². The molecule has 0 unspecified atom stereocenters. The first-order valence-electron chi connectivity index (χ1n) is 8.36. The third-order valence-electron chi connectivity index (χ3n) is 4.79. The van der Waals surface area contributed by atoms with Crippen molar-refractivity contribution in [2.24, 2.45) is 5.41 Å². The molecule has 2 aromatic rings. The van der Waals surface area contributed by atoms with Crippen molar-refractivity contribution >= 4 is 17.2 Å².